The molecule has 2 aliphatic heterocycles. The molecular formula is C34H39N3O5S. The smallest absolute Gasteiger partial charge is 0.320 e. The molecule has 0 amide bonds. The van der Waals surface area contributed by atoms with Crippen molar-refractivity contribution in [3.8, 4) is 33.2 Å². The van der Waals surface area contributed by atoms with Crippen LogP contribution in [0.5, 0.6) is 11.5 Å². The quantitative estimate of drug-likeness (QED) is 0.207. The lowest BCUT2D eigenvalue weighted by Crippen LogP contribution is -2.37. The summed E-state index contributed by atoms with van der Waals surface area (Å²) in [4.78, 5) is 21.2. The summed E-state index contributed by atoms with van der Waals surface area (Å²) in [7, 11) is 1.67. The van der Waals surface area contributed by atoms with Gasteiger partial charge in [-0.15, -0.1) is 11.3 Å². The van der Waals surface area contributed by atoms with Gasteiger partial charge in [-0.2, -0.15) is 0 Å². The highest BCUT2D eigenvalue weighted by Gasteiger charge is 2.31. The SMILES string of the molecule is COc1cc2sc(-c3cccc(-c4cccc(OCCCN5CCOCC5)c4)c3C)nc2cc1CN1CCC[C@H]1C(=O)O. The number of nitrogens with zero attached hydrogens (tertiary/aromatic N) is 3. The Labute approximate surface area is 256 Å². The van der Waals surface area contributed by atoms with Crippen molar-refractivity contribution in [2.45, 2.75) is 38.8 Å². The zero-order valence-electron chi connectivity index (χ0n) is 24.9. The van der Waals surface area contributed by atoms with Crippen molar-refractivity contribution in [1.82, 2.24) is 14.8 Å². The van der Waals surface area contributed by atoms with Crippen LogP contribution in [0.15, 0.2) is 54.6 Å². The molecule has 4 aromatic rings. The van der Waals surface area contributed by atoms with Gasteiger partial charge in [-0.3, -0.25) is 14.6 Å². The summed E-state index contributed by atoms with van der Waals surface area (Å²) in [6, 6.07) is 18.4. The second-order valence-corrected chi connectivity index (χ2v) is 12.3. The van der Waals surface area contributed by atoms with Gasteiger partial charge in [0.15, 0.2) is 0 Å². The van der Waals surface area contributed by atoms with Gasteiger partial charge < -0.3 is 19.3 Å². The summed E-state index contributed by atoms with van der Waals surface area (Å²) in [6.07, 6.45) is 2.56. The van der Waals surface area contributed by atoms with Crippen molar-refractivity contribution in [1.29, 1.82) is 0 Å². The average Bonchev–Trinajstić information content (AvgIpc) is 3.66. The minimum Gasteiger partial charge on any atom is -0.496 e. The first kappa shape index (κ1) is 29.6. The number of methoxy groups -OCH3 is 1. The summed E-state index contributed by atoms with van der Waals surface area (Å²) >= 11 is 1.65. The molecule has 1 N–H and O–H groups in total. The molecule has 0 spiro atoms. The number of aromatic nitrogens is 1. The molecule has 2 fully saturated rings. The van der Waals surface area contributed by atoms with Gasteiger partial charge in [-0.25, -0.2) is 4.98 Å². The second-order valence-electron chi connectivity index (χ2n) is 11.3. The van der Waals surface area contributed by atoms with E-state index in [1.807, 2.05) is 17.0 Å². The lowest BCUT2D eigenvalue weighted by Gasteiger charge is -2.26. The minimum atomic E-state index is -0.760. The Morgan fingerprint density at radius 2 is 1.91 bits per heavy atom. The number of ether oxygens (including phenoxy) is 3. The fourth-order valence-electron chi connectivity index (χ4n) is 6.18. The van der Waals surface area contributed by atoms with Crippen molar-refractivity contribution < 1.29 is 24.1 Å². The Balaban J connectivity index is 1.20. The molecule has 0 bridgehead atoms. The fourth-order valence-corrected chi connectivity index (χ4v) is 7.24. The first-order valence-electron chi connectivity index (χ1n) is 15.1. The van der Waals surface area contributed by atoms with Crippen molar-refractivity contribution in [3.63, 3.8) is 0 Å². The van der Waals surface area contributed by atoms with E-state index in [2.05, 4.69) is 54.3 Å². The molecule has 1 aromatic heterocycles. The van der Waals surface area contributed by atoms with Gasteiger partial charge in [0.1, 0.15) is 22.5 Å². The molecule has 0 unspecified atom stereocenters. The van der Waals surface area contributed by atoms with Crippen LogP contribution in [0.2, 0.25) is 0 Å². The third-order valence-electron chi connectivity index (χ3n) is 8.51. The molecule has 0 radical (unpaired) electrons. The van der Waals surface area contributed by atoms with Crippen molar-refractivity contribution >= 4 is 27.5 Å². The standard InChI is InChI=1S/C34H39N3O5S/c1-23-27(24-7-3-8-26(19-24)42-16-6-12-36-14-17-41-18-15-36)9-4-10-28(23)33-35-29-20-25(31(40-2)21-32(29)43-33)22-37-13-5-11-30(37)34(38)39/h3-4,7-10,19-21,30H,5-6,11-18,22H2,1-2H3,(H,38,39)/t30-/m0/s1. The molecule has 0 saturated carbocycles. The van der Waals surface area contributed by atoms with E-state index in [9.17, 15) is 9.90 Å². The number of carboxylic acids is 1. The average molecular weight is 602 g/mol. The Kier molecular flexibility index (Phi) is 9.23. The molecular weight excluding hydrogens is 562 g/mol. The molecule has 2 aliphatic rings. The van der Waals surface area contributed by atoms with Crippen molar-refractivity contribution in [2.75, 3.05) is 53.1 Å². The number of morpholine rings is 1. The van der Waals surface area contributed by atoms with Crippen LogP contribution in [0.4, 0.5) is 0 Å². The van der Waals surface area contributed by atoms with Crippen LogP contribution in [0.25, 0.3) is 31.9 Å². The lowest BCUT2D eigenvalue weighted by atomic mass is 9.96. The molecule has 8 nitrogen and oxygen atoms in total. The summed E-state index contributed by atoms with van der Waals surface area (Å²) in [5, 5.41) is 10.6. The van der Waals surface area contributed by atoms with E-state index in [4.69, 9.17) is 19.2 Å². The number of likely N-dealkylation sites (tertiary alicyclic amines) is 1. The number of hydrogen-bond donors (Lipinski definition) is 1. The van der Waals surface area contributed by atoms with Crippen LogP contribution >= 0.6 is 11.3 Å². The van der Waals surface area contributed by atoms with Gasteiger partial charge >= 0.3 is 5.97 Å². The Hall–Kier alpha value is -3.50. The van der Waals surface area contributed by atoms with E-state index >= 15 is 0 Å². The predicted octanol–water partition coefficient (Wildman–Crippen LogP) is 6.10. The molecule has 1 atom stereocenters. The van der Waals surface area contributed by atoms with Crippen LogP contribution in [0.3, 0.4) is 0 Å². The van der Waals surface area contributed by atoms with E-state index in [0.29, 0.717) is 19.6 Å². The van der Waals surface area contributed by atoms with Crippen LogP contribution in [0, 0.1) is 6.92 Å². The largest absolute Gasteiger partial charge is 0.496 e. The zero-order valence-corrected chi connectivity index (χ0v) is 25.7. The zero-order chi connectivity index (χ0) is 29.8. The second kappa shape index (κ2) is 13.4. The van der Waals surface area contributed by atoms with Crippen molar-refractivity contribution in [3.05, 3.63) is 65.7 Å². The van der Waals surface area contributed by atoms with Gasteiger partial charge in [-0.1, -0.05) is 30.3 Å². The topological polar surface area (TPSA) is 84.4 Å². The normalized spacial score (nSPS) is 17.9. The van der Waals surface area contributed by atoms with Gasteiger partial charge in [-0.05, 0) is 73.7 Å². The highest BCUT2D eigenvalue weighted by atomic mass is 32.1. The maximum absolute atomic E-state index is 11.7. The fraction of sp³-hybridized carbons (Fsp3) is 0.412. The summed E-state index contributed by atoms with van der Waals surface area (Å²) in [5.41, 5.74) is 6.41. The van der Waals surface area contributed by atoms with Gasteiger partial charge in [0.05, 0.1) is 37.1 Å². The molecule has 3 heterocycles. The van der Waals surface area contributed by atoms with Crippen LogP contribution in [-0.2, 0) is 16.1 Å². The summed E-state index contributed by atoms with van der Waals surface area (Å²) in [5.74, 6) is 0.891. The minimum absolute atomic E-state index is 0.448. The van der Waals surface area contributed by atoms with Gasteiger partial charge in [0, 0.05) is 37.3 Å². The third-order valence-corrected chi connectivity index (χ3v) is 9.56. The highest BCUT2D eigenvalue weighted by Crippen LogP contribution is 2.39. The van der Waals surface area contributed by atoms with Gasteiger partial charge in [0.2, 0.25) is 0 Å². The molecule has 43 heavy (non-hydrogen) atoms. The van der Waals surface area contributed by atoms with E-state index in [0.717, 1.165) is 101 Å². The number of carbonyl (C=O) groups is 1. The number of benzene rings is 3. The number of hydrogen-bond acceptors (Lipinski definition) is 8. The Morgan fingerprint density at radius 3 is 2.72 bits per heavy atom. The van der Waals surface area contributed by atoms with E-state index in [1.165, 1.54) is 5.56 Å². The molecule has 0 aliphatic carbocycles. The van der Waals surface area contributed by atoms with E-state index < -0.39 is 12.0 Å². The molecule has 226 valence electrons. The van der Waals surface area contributed by atoms with E-state index in [-0.39, 0.29) is 0 Å². The molecule has 2 saturated heterocycles. The molecule has 3 aromatic carbocycles. The van der Waals surface area contributed by atoms with Crippen LogP contribution in [-0.4, -0.2) is 85.0 Å². The third kappa shape index (κ3) is 6.70. The summed E-state index contributed by atoms with van der Waals surface area (Å²) < 4.78 is 18.4. The maximum atomic E-state index is 11.7. The maximum Gasteiger partial charge on any atom is 0.320 e. The number of rotatable bonds is 11. The van der Waals surface area contributed by atoms with Crippen LogP contribution in [0.1, 0.15) is 30.4 Å². The van der Waals surface area contributed by atoms with Crippen molar-refractivity contribution in [2.24, 2.45) is 0 Å². The number of aliphatic carboxylic acids is 1. The highest BCUT2D eigenvalue weighted by molar-refractivity contribution is 7.21. The van der Waals surface area contributed by atoms with E-state index in [1.54, 1.807) is 18.4 Å². The monoisotopic (exact) mass is 601 g/mol. The summed E-state index contributed by atoms with van der Waals surface area (Å²) in [6.45, 7) is 8.81. The Morgan fingerprint density at radius 1 is 1.09 bits per heavy atom. The predicted molar refractivity (Wildman–Crippen MR) is 170 cm³/mol. The van der Waals surface area contributed by atoms with Gasteiger partial charge in [0.25, 0.3) is 0 Å². The first-order chi connectivity index (χ1) is 21.0. The Bertz CT molecular complexity index is 1580. The lowest BCUT2D eigenvalue weighted by molar-refractivity contribution is -0.142. The first-order valence-corrected chi connectivity index (χ1v) is 15.9. The molecule has 9 heteroatoms. The van der Waals surface area contributed by atoms with Crippen LogP contribution < -0.4 is 9.47 Å². The number of fused-ring (bicyclic) bond motifs is 1. The number of thiazole rings is 1. The number of carboxylic acid groups (broad SMARTS) is 1. The molecule has 6 rings (SSSR count).